The number of rotatable bonds is 3. The van der Waals surface area contributed by atoms with Crippen LogP contribution in [0.3, 0.4) is 0 Å². The summed E-state index contributed by atoms with van der Waals surface area (Å²) in [5.74, 6) is 0.209. The molecule has 7 nitrogen and oxygen atoms in total. The normalized spacial score (nSPS) is 28.0. The summed E-state index contributed by atoms with van der Waals surface area (Å²) < 4.78 is 10.9. The average Bonchev–Trinajstić information content (AvgIpc) is 2.82. The molecular formula is C17H30ClN3O4. The van der Waals surface area contributed by atoms with Crippen molar-refractivity contribution in [3.63, 3.8) is 0 Å². The lowest BCUT2D eigenvalue weighted by atomic mass is 9.81. The molecule has 8 heteroatoms. The summed E-state index contributed by atoms with van der Waals surface area (Å²) in [5.41, 5.74) is -0.589. The van der Waals surface area contributed by atoms with Crippen molar-refractivity contribution in [3.05, 3.63) is 0 Å². The van der Waals surface area contributed by atoms with E-state index in [1.165, 1.54) is 0 Å². The third kappa shape index (κ3) is 5.06. The van der Waals surface area contributed by atoms with Crippen molar-refractivity contribution >= 4 is 24.2 Å². The maximum absolute atomic E-state index is 13.2. The standard InChI is InChI=1S/C17H29N3O4.ClH/c21-15(19-5-1-9-23-11-7-19)13-17(3-4-18-14-17)16(22)20-6-2-10-24-12-8-20;/h18H,1-14H2;1H. The second-order valence-corrected chi connectivity index (χ2v) is 6.99. The summed E-state index contributed by atoms with van der Waals surface area (Å²) >= 11 is 0. The molecule has 3 aliphatic heterocycles. The van der Waals surface area contributed by atoms with Gasteiger partial charge in [0, 0.05) is 52.4 Å². The molecular weight excluding hydrogens is 346 g/mol. The number of hydrogen-bond acceptors (Lipinski definition) is 5. The molecule has 25 heavy (non-hydrogen) atoms. The molecule has 3 rings (SSSR count). The van der Waals surface area contributed by atoms with Gasteiger partial charge in [-0.1, -0.05) is 0 Å². The van der Waals surface area contributed by atoms with Crippen molar-refractivity contribution in [2.45, 2.75) is 25.7 Å². The second-order valence-electron chi connectivity index (χ2n) is 6.99. The number of halogens is 1. The van der Waals surface area contributed by atoms with Crippen LogP contribution >= 0.6 is 12.4 Å². The van der Waals surface area contributed by atoms with Crippen molar-refractivity contribution < 1.29 is 19.1 Å². The van der Waals surface area contributed by atoms with Crippen LogP contribution in [0.2, 0.25) is 0 Å². The van der Waals surface area contributed by atoms with Crippen molar-refractivity contribution in [2.24, 2.45) is 5.41 Å². The first-order valence-corrected chi connectivity index (χ1v) is 9.15. The molecule has 0 radical (unpaired) electrons. The van der Waals surface area contributed by atoms with Crippen LogP contribution in [0, 0.1) is 5.41 Å². The third-order valence-corrected chi connectivity index (χ3v) is 5.27. The highest BCUT2D eigenvalue weighted by Gasteiger charge is 2.45. The first-order valence-electron chi connectivity index (χ1n) is 9.15. The fraction of sp³-hybridized carbons (Fsp3) is 0.882. The molecule has 3 fully saturated rings. The van der Waals surface area contributed by atoms with Gasteiger partial charge in [-0.2, -0.15) is 0 Å². The Labute approximate surface area is 155 Å². The minimum Gasteiger partial charge on any atom is -0.380 e. The summed E-state index contributed by atoms with van der Waals surface area (Å²) in [4.78, 5) is 29.8. The summed E-state index contributed by atoms with van der Waals surface area (Å²) in [6, 6.07) is 0. The van der Waals surface area contributed by atoms with E-state index in [-0.39, 0.29) is 24.2 Å². The van der Waals surface area contributed by atoms with Crippen LogP contribution < -0.4 is 5.32 Å². The summed E-state index contributed by atoms with van der Waals surface area (Å²) in [5, 5.41) is 3.30. The molecule has 3 heterocycles. The molecule has 2 amide bonds. The van der Waals surface area contributed by atoms with E-state index in [4.69, 9.17) is 9.47 Å². The van der Waals surface area contributed by atoms with Gasteiger partial charge >= 0.3 is 0 Å². The SMILES string of the molecule is Cl.O=C(CC1(C(=O)N2CCCOCC2)CCNC1)N1CCCOCC1. The van der Waals surface area contributed by atoms with Crippen LogP contribution in [-0.2, 0) is 19.1 Å². The monoisotopic (exact) mass is 375 g/mol. The molecule has 3 aliphatic rings. The predicted octanol–water partition coefficient (Wildman–Crippen LogP) is 0.276. The van der Waals surface area contributed by atoms with Crippen LogP contribution in [0.1, 0.15) is 25.7 Å². The maximum Gasteiger partial charge on any atom is 0.230 e. The Kier molecular flexibility index (Phi) is 7.93. The second kappa shape index (κ2) is 9.71. The zero-order valence-corrected chi connectivity index (χ0v) is 15.7. The highest BCUT2D eigenvalue weighted by atomic mass is 35.5. The average molecular weight is 376 g/mol. The first-order chi connectivity index (χ1) is 11.7. The van der Waals surface area contributed by atoms with Gasteiger partial charge in [0.25, 0.3) is 0 Å². The summed E-state index contributed by atoms with van der Waals surface area (Å²) in [7, 11) is 0. The largest absolute Gasteiger partial charge is 0.380 e. The van der Waals surface area contributed by atoms with Crippen LogP contribution in [0.15, 0.2) is 0 Å². The van der Waals surface area contributed by atoms with E-state index < -0.39 is 5.41 Å². The van der Waals surface area contributed by atoms with Gasteiger partial charge in [-0.25, -0.2) is 0 Å². The fourth-order valence-corrected chi connectivity index (χ4v) is 3.83. The number of hydrogen-bond donors (Lipinski definition) is 1. The number of nitrogens with zero attached hydrogens (tertiary/aromatic N) is 2. The molecule has 3 saturated heterocycles. The van der Waals surface area contributed by atoms with Crippen LogP contribution in [-0.4, -0.2) is 87.3 Å². The molecule has 0 bridgehead atoms. The Morgan fingerprint density at radius 1 is 0.920 bits per heavy atom. The Morgan fingerprint density at radius 3 is 2.20 bits per heavy atom. The van der Waals surface area contributed by atoms with Gasteiger partial charge in [0.05, 0.1) is 18.6 Å². The van der Waals surface area contributed by atoms with E-state index in [0.29, 0.717) is 52.5 Å². The van der Waals surface area contributed by atoms with E-state index in [1.54, 1.807) is 0 Å². The third-order valence-electron chi connectivity index (χ3n) is 5.27. The van der Waals surface area contributed by atoms with Gasteiger partial charge in [-0.05, 0) is 25.8 Å². The van der Waals surface area contributed by atoms with Crippen molar-refractivity contribution in [1.29, 1.82) is 0 Å². The zero-order valence-electron chi connectivity index (χ0n) is 14.8. The van der Waals surface area contributed by atoms with E-state index in [9.17, 15) is 9.59 Å². The molecule has 0 spiro atoms. The highest BCUT2D eigenvalue weighted by Crippen LogP contribution is 2.33. The molecule has 1 N–H and O–H groups in total. The van der Waals surface area contributed by atoms with Crippen LogP contribution in [0.4, 0.5) is 0 Å². The molecule has 0 aromatic rings. The van der Waals surface area contributed by atoms with Gasteiger partial charge in [-0.3, -0.25) is 9.59 Å². The fourth-order valence-electron chi connectivity index (χ4n) is 3.83. The number of carbonyl (C=O) groups is 2. The molecule has 0 aliphatic carbocycles. The summed E-state index contributed by atoms with van der Waals surface area (Å²) in [6.45, 7) is 6.72. The number of nitrogens with one attached hydrogen (secondary N) is 1. The number of amides is 2. The lowest BCUT2D eigenvalue weighted by Gasteiger charge is -2.34. The van der Waals surface area contributed by atoms with E-state index in [1.807, 2.05) is 9.80 Å². The van der Waals surface area contributed by atoms with Gasteiger partial charge in [0.1, 0.15) is 0 Å². The van der Waals surface area contributed by atoms with Gasteiger partial charge < -0.3 is 24.6 Å². The zero-order chi connectivity index (χ0) is 16.8. The van der Waals surface area contributed by atoms with Crippen LogP contribution in [0.25, 0.3) is 0 Å². The minimum absolute atomic E-state index is 0. The van der Waals surface area contributed by atoms with Crippen molar-refractivity contribution in [2.75, 3.05) is 65.7 Å². The number of carbonyl (C=O) groups excluding carboxylic acids is 2. The minimum atomic E-state index is -0.589. The number of ether oxygens (including phenoxy) is 2. The van der Waals surface area contributed by atoms with Crippen LogP contribution in [0.5, 0.6) is 0 Å². The van der Waals surface area contributed by atoms with E-state index in [0.717, 1.165) is 38.9 Å². The quantitative estimate of drug-likeness (QED) is 0.767. The van der Waals surface area contributed by atoms with E-state index in [2.05, 4.69) is 5.32 Å². The lowest BCUT2D eigenvalue weighted by Crippen LogP contribution is -2.49. The topological polar surface area (TPSA) is 71.1 Å². The Balaban J connectivity index is 0.00000225. The molecule has 1 unspecified atom stereocenters. The molecule has 1 atom stereocenters. The Morgan fingerprint density at radius 2 is 1.56 bits per heavy atom. The van der Waals surface area contributed by atoms with Crippen molar-refractivity contribution in [3.8, 4) is 0 Å². The molecule has 144 valence electrons. The van der Waals surface area contributed by atoms with Gasteiger partial charge in [-0.15, -0.1) is 12.4 Å². The Bertz CT molecular complexity index is 441. The highest BCUT2D eigenvalue weighted by molar-refractivity contribution is 5.89. The predicted molar refractivity (Wildman–Crippen MR) is 95.8 cm³/mol. The molecule has 0 aromatic heterocycles. The smallest absolute Gasteiger partial charge is 0.230 e. The molecule has 0 aromatic carbocycles. The maximum atomic E-state index is 13.2. The first kappa shape index (κ1) is 20.4. The Hall–Kier alpha value is -0.890. The summed E-state index contributed by atoms with van der Waals surface area (Å²) in [6.07, 6.45) is 2.77. The molecule has 0 saturated carbocycles. The van der Waals surface area contributed by atoms with E-state index >= 15 is 0 Å². The van der Waals surface area contributed by atoms with Gasteiger partial charge in [0.2, 0.25) is 11.8 Å². The lowest BCUT2D eigenvalue weighted by molar-refractivity contribution is -0.147. The van der Waals surface area contributed by atoms with Crippen molar-refractivity contribution in [1.82, 2.24) is 15.1 Å². The van der Waals surface area contributed by atoms with Gasteiger partial charge in [0.15, 0.2) is 0 Å².